The van der Waals surface area contributed by atoms with Crippen LogP contribution in [0.3, 0.4) is 0 Å². The van der Waals surface area contributed by atoms with Crippen molar-refractivity contribution in [3.63, 3.8) is 0 Å². The normalized spacial score (nSPS) is 17.0. The lowest BCUT2D eigenvalue weighted by Crippen LogP contribution is -2.29. The number of benzene rings is 1. The number of esters is 1. The molecule has 1 heterocycles. The van der Waals surface area contributed by atoms with Crippen LogP contribution in [0.4, 0.5) is 18.9 Å². The van der Waals surface area contributed by atoms with E-state index in [0.717, 1.165) is 24.3 Å². The highest BCUT2D eigenvalue weighted by atomic mass is 35.7. The highest BCUT2D eigenvalue weighted by molar-refractivity contribution is 8.13. The van der Waals surface area contributed by atoms with Gasteiger partial charge in [-0.3, -0.25) is 4.79 Å². The summed E-state index contributed by atoms with van der Waals surface area (Å²) in [4.78, 5) is 22.0. The number of hydrogen-bond donors (Lipinski definition) is 1. The second-order valence-electron chi connectivity index (χ2n) is 4.70. The predicted octanol–water partition coefficient (Wildman–Crippen LogP) is 2.45. The van der Waals surface area contributed by atoms with Crippen LogP contribution in [0.25, 0.3) is 6.08 Å². The Labute approximate surface area is 138 Å². The van der Waals surface area contributed by atoms with Crippen LogP contribution in [0, 0.1) is 0 Å². The van der Waals surface area contributed by atoms with Crippen LogP contribution in [0.1, 0.15) is 12.0 Å². The highest BCUT2D eigenvalue weighted by Crippen LogP contribution is 2.28. The average Bonchev–Trinajstić information content (AvgIpc) is 2.82. The van der Waals surface area contributed by atoms with E-state index in [1.54, 1.807) is 5.32 Å². The van der Waals surface area contributed by atoms with Gasteiger partial charge < -0.3 is 10.1 Å². The summed E-state index contributed by atoms with van der Waals surface area (Å²) in [5.41, 5.74) is -0.311. The quantitative estimate of drug-likeness (QED) is 0.492. The van der Waals surface area contributed by atoms with Crippen LogP contribution in [-0.4, -0.2) is 33.1 Å². The summed E-state index contributed by atoms with van der Waals surface area (Å²) in [6.07, 6.45) is -3.75. The van der Waals surface area contributed by atoms with Crippen molar-refractivity contribution >= 4 is 43.4 Å². The molecule has 0 saturated carbocycles. The Morgan fingerprint density at radius 3 is 2.50 bits per heavy atom. The molecule has 1 aromatic rings. The van der Waals surface area contributed by atoms with Gasteiger partial charge in [0.05, 0.1) is 11.5 Å². The molecule has 0 bridgehead atoms. The summed E-state index contributed by atoms with van der Waals surface area (Å²) in [6, 6.07) is 2.85. The third-order valence-corrected chi connectivity index (χ3v) is 4.38. The van der Waals surface area contributed by atoms with Crippen LogP contribution >= 0.6 is 10.7 Å². The van der Waals surface area contributed by atoms with E-state index in [0.29, 0.717) is 0 Å². The molecule has 24 heavy (non-hydrogen) atoms. The van der Waals surface area contributed by atoms with Gasteiger partial charge >= 0.3 is 18.1 Å². The Kier molecular flexibility index (Phi) is 4.90. The predicted molar refractivity (Wildman–Crippen MR) is 77.7 cm³/mol. The first kappa shape index (κ1) is 18.3. The van der Waals surface area contributed by atoms with E-state index in [-0.39, 0.29) is 29.9 Å². The van der Waals surface area contributed by atoms with Crippen LogP contribution in [0.15, 0.2) is 28.7 Å². The topological polar surface area (TPSA) is 89.5 Å². The molecule has 0 aliphatic carbocycles. The van der Waals surface area contributed by atoms with Gasteiger partial charge in [0.25, 0.3) is 9.05 Å². The highest BCUT2D eigenvalue weighted by Gasteiger charge is 2.38. The first-order valence-electron chi connectivity index (χ1n) is 6.33. The van der Waals surface area contributed by atoms with Gasteiger partial charge in [-0.2, -0.15) is 13.2 Å². The van der Waals surface area contributed by atoms with E-state index < -0.39 is 32.0 Å². The number of carbonyl (C=O) groups excluding carboxylic acids is 2. The summed E-state index contributed by atoms with van der Waals surface area (Å²) in [5.74, 6) is -2.89. The van der Waals surface area contributed by atoms with E-state index in [1.165, 1.54) is 0 Å². The smallest absolute Gasteiger partial charge is 0.462 e. The third kappa shape index (κ3) is 4.26. The maximum Gasteiger partial charge on any atom is 0.471 e. The molecule has 1 aliphatic heterocycles. The van der Waals surface area contributed by atoms with E-state index >= 15 is 0 Å². The van der Waals surface area contributed by atoms with E-state index in [1.807, 2.05) is 0 Å². The molecular weight excluding hydrogens is 375 g/mol. The zero-order valence-electron chi connectivity index (χ0n) is 11.7. The fourth-order valence-corrected chi connectivity index (χ4v) is 2.98. The van der Waals surface area contributed by atoms with Crippen molar-refractivity contribution in [1.82, 2.24) is 0 Å². The minimum Gasteiger partial charge on any atom is -0.462 e. The summed E-state index contributed by atoms with van der Waals surface area (Å²) in [6.45, 7) is 0.109. The van der Waals surface area contributed by atoms with Crippen molar-refractivity contribution in [2.75, 3.05) is 11.9 Å². The first-order valence-corrected chi connectivity index (χ1v) is 8.64. The van der Waals surface area contributed by atoms with Gasteiger partial charge in [0.15, 0.2) is 0 Å². The Balaban J connectivity index is 2.47. The molecule has 0 atom stereocenters. The molecule has 1 aliphatic rings. The van der Waals surface area contributed by atoms with Gasteiger partial charge in [0.2, 0.25) is 0 Å². The van der Waals surface area contributed by atoms with Crippen molar-refractivity contribution in [3.8, 4) is 0 Å². The van der Waals surface area contributed by atoms with Crippen molar-refractivity contribution < 1.29 is 35.9 Å². The molecule has 0 radical (unpaired) electrons. The number of anilines is 1. The number of carbonyl (C=O) groups is 2. The fourth-order valence-electron chi connectivity index (χ4n) is 1.93. The molecule has 1 N–H and O–H groups in total. The summed E-state index contributed by atoms with van der Waals surface area (Å²) in [5, 5.41) is 1.59. The number of rotatable bonds is 3. The zero-order valence-corrected chi connectivity index (χ0v) is 13.3. The molecular formula is C13H9ClF3NO5S. The zero-order chi connectivity index (χ0) is 18.1. The van der Waals surface area contributed by atoms with Gasteiger partial charge in [-0.15, -0.1) is 0 Å². The Hall–Kier alpha value is -2.07. The average molecular weight is 384 g/mol. The number of hydrogen-bond acceptors (Lipinski definition) is 5. The summed E-state index contributed by atoms with van der Waals surface area (Å²) >= 11 is 0. The lowest BCUT2D eigenvalue weighted by molar-refractivity contribution is -0.167. The number of amides is 1. The van der Waals surface area contributed by atoms with Crippen LogP contribution < -0.4 is 5.32 Å². The van der Waals surface area contributed by atoms with Crippen molar-refractivity contribution in [2.45, 2.75) is 17.5 Å². The second kappa shape index (κ2) is 6.44. The second-order valence-corrected chi connectivity index (χ2v) is 7.23. The molecule has 6 nitrogen and oxygen atoms in total. The summed E-state index contributed by atoms with van der Waals surface area (Å²) in [7, 11) is 1.05. The van der Waals surface area contributed by atoms with Gasteiger partial charge in [0.1, 0.15) is 0 Å². The molecule has 0 unspecified atom stereocenters. The Morgan fingerprint density at radius 1 is 1.33 bits per heavy atom. The minimum atomic E-state index is -5.11. The lowest BCUT2D eigenvalue weighted by Gasteiger charge is -2.10. The summed E-state index contributed by atoms with van der Waals surface area (Å²) < 4.78 is 64.6. The van der Waals surface area contributed by atoms with Crippen molar-refractivity contribution in [1.29, 1.82) is 0 Å². The molecule has 0 aromatic heterocycles. The first-order chi connectivity index (χ1) is 11.0. The van der Waals surface area contributed by atoms with Crippen LogP contribution in [-0.2, 0) is 23.4 Å². The number of halogens is 4. The third-order valence-electron chi connectivity index (χ3n) is 2.98. The molecule has 1 amide bonds. The van der Waals surface area contributed by atoms with Crippen LogP contribution in [0.2, 0.25) is 0 Å². The van der Waals surface area contributed by atoms with Crippen molar-refractivity contribution in [3.05, 3.63) is 29.3 Å². The van der Waals surface area contributed by atoms with Crippen molar-refractivity contribution in [2.24, 2.45) is 0 Å². The maximum absolute atomic E-state index is 12.3. The van der Waals surface area contributed by atoms with E-state index in [2.05, 4.69) is 0 Å². The minimum absolute atomic E-state index is 0.109. The largest absolute Gasteiger partial charge is 0.471 e. The molecule has 1 fully saturated rings. The molecule has 0 spiro atoms. The van der Waals surface area contributed by atoms with Gasteiger partial charge in [0, 0.05) is 28.4 Å². The molecule has 2 rings (SSSR count). The molecule has 1 saturated heterocycles. The van der Waals surface area contributed by atoms with E-state index in [9.17, 15) is 31.2 Å². The number of cyclic esters (lactones) is 1. The SMILES string of the molecule is O=C1OCCC1=Cc1cc(NC(=O)C(F)(F)F)ccc1S(=O)(=O)Cl. The number of ether oxygens (including phenoxy) is 1. The fraction of sp³-hybridized carbons (Fsp3) is 0.231. The molecule has 1 aromatic carbocycles. The van der Waals surface area contributed by atoms with Gasteiger partial charge in [-0.25, -0.2) is 13.2 Å². The van der Waals surface area contributed by atoms with Gasteiger partial charge in [-0.05, 0) is 29.8 Å². The Bertz CT molecular complexity index is 832. The number of alkyl halides is 3. The van der Waals surface area contributed by atoms with Crippen LogP contribution in [0.5, 0.6) is 0 Å². The molecule has 11 heteroatoms. The van der Waals surface area contributed by atoms with Gasteiger partial charge in [-0.1, -0.05) is 0 Å². The standard InChI is InChI=1S/C13H9ClF3NO5S/c14-24(21,22)10-2-1-9(18-12(20)13(15,16)17)6-8(10)5-7-3-4-23-11(7)19/h1-2,5-6H,3-4H2,(H,18,20). The monoisotopic (exact) mass is 383 g/mol. The molecule has 130 valence electrons. The lowest BCUT2D eigenvalue weighted by atomic mass is 10.1. The van der Waals surface area contributed by atoms with E-state index in [4.69, 9.17) is 15.4 Å². The maximum atomic E-state index is 12.3. The Morgan fingerprint density at radius 2 is 2.00 bits per heavy atom. The number of nitrogens with one attached hydrogen (secondary N) is 1.